The van der Waals surface area contributed by atoms with Crippen molar-refractivity contribution in [1.29, 1.82) is 0 Å². The molecule has 0 bridgehead atoms. The number of hydrogen-bond acceptors (Lipinski definition) is 4. The number of rotatable bonds is 4. The molecule has 2 heterocycles. The zero-order valence-corrected chi connectivity index (χ0v) is 14.3. The van der Waals surface area contributed by atoms with Crippen molar-refractivity contribution in [3.8, 4) is 11.3 Å². The minimum Gasteiger partial charge on any atom is -0.301 e. The summed E-state index contributed by atoms with van der Waals surface area (Å²) in [5.41, 5.74) is 1.98. The predicted octanol–water partition coefficient (Wildman–Crippen LogP) is 4.01. The summed E-state index contributed by atoms with van der Waals surface area (Å²) in [6.07, 6.45) is 4.93. The standard InChI is InChI=1S/C18H23N3OS/c1-14(21-11-7-2-3-8-12-21)17(22)20-18-19-16(13-23-18)15-9-5-4-6-10-15/h4-6,9-10,13-14H,2-3,7-8,11-12H2,1H3,(H,19,20,22). The van der Waals surface area contributed by atoms with Gasteiger partial charge in [-0.2, -0.15) is 0 Å². The molecule has 0 spiro atoms. The Balaban J connectivity index is 1.62. The van der Waals surface area contributed by atoms with E-state index in [1.807, 2.05) is 42.6 Å². The Bertz CT molecular complexity index is 633. The van der Waals surface area contributed by atoms with Crippen LogP contribution in [0.4, 0.5) is 5.13 Å². The van der Waals surface area contributed by atoms with Crippen molar-refractivity contribution >= 4 is 22.4 Å². The first kappa shape index (κ1) is 16.1. The van der Waals surface area contributed by atoms with Crippen LogP contribution in [-0.2, 0) is 4.79 Å². The second-order valence-corrected chi connectivity index (χ2v) is 6.88. The molecule has 1 amide bonds. The van der Waals surface area contributed by atoms with Crippen LogP contribution in [0.1, 0.15) is 32.6 Å². The Labute approximate surface area is 141 Å². The largest absolute Gasteiger partial charge is 0.301 e. The van der Waals surface area contributed by atoms with Crippen LogP contribution in [0.5, 0.6) is 0 Å². The Morgan fingerprint density at radius 1 is 1.17 bits per heavy atom. The molecule has 1 aliphatic heterocycles. The molecule has 3 rings (SSSR count). The first-order chi connectivity index (χ1) is 11.2. The van der Waals surface area contributed by atoms with Crippen LogP contribution in [0.2, 0.25) is 0 Å². The highest BCUT2D eigenvalue weighted by Gasteiger charge is 2.22. The predicted molar refractivity (Wildman–Crippen MR) is 95.7 cm³/mol. The number of anilines is 1. The topological polar surface area (TPSA) is 45.2 Å². The third-order valence-corrected chi connectivity index (χ3v) is 5.13. The molecule has 1 unspecified atom stereocenters. The SMILES string of the molecule is CC(C(=O)Nc1nc(-c2ccccc2)cs1)N1CCCCCC1. The number of hydrogen-bond donors (Lipinski definition) is 1. The molecule has 0 aliphatic carbocycles. The lowest BCUT2D eigenvalue weighted by atomic mass is 10.2. The van der Waals surface area contributed by atoms with Gasteiger partial charge in [-0.15, -0.1) is 11.3 Å². The molecule has 1 atom stereocenters. The van der Waals surface area contributed by atoms with E-state index in [0.29, 0.717) is 5.13 Å². The maximum absolute atomic E-state index is 12.5. The molecule has 0 radical (unpaired) electrons. The summed E-state index contributed by atoms with van der Waals surface area (Å²) in [6, 6.07) is 9.93. The molecule has 4 nitrogen and oxygen atoms in total. The minimum absolute atomic E-state index is 0.0425. The van der Waals surface area contributed by atoms with Crippen molar-refractivity contribution in [2.45, 2.75) is 38.6 Å². The normalized spacial score (nSPS) is 17.4. The lowest BCUT2D eigenvalue weighted by Gasteiger charge is -2.26. The van der Waals surface area contributed by atoms with Gasteiger partial charge in [0.2, 0.25) is 5.91 Å². The fourth-order valence-corrected chi connectivity index (χ4v) is 3.65. The van der Waals surface area contributed by atoms with Gasteiger partial charge >= 0.3 is 0 Å². The van der Waals surface area contributed by atoms with Crippen molar-refractivity contribution in [3.63, 3.8) is 0 Å². The van der Waals surface area contributed by atoms with Gasteiger partial charge < -0.3 is 5.32 Å². The first-order valence-electron chi connectivity index (χ1n) is 8.30. The average molecular weight is 329 g/mol. The number of benzene rings is 1. The summed E-state index contributed by atoms with van der Waals surface area (Å²) in [5.74, 6) is 0.0425. The van der Waals surface area contributed by atoms with Crippen LogP contribution in [-0.4, -0.2) is 34.9 Å². The van der Waals surface area contributed by atoms with Gasteiger partial charge in [0.25, 0.3) is 0 Å². The molecule has 1 fully saturated rings. The van der Waals surface area contributed by atoms with E-state index in [1.165, 1.54) is 37.0 Å². The van der Waals surface area contributed by atoms with Crippen molar-refractivity contribution in [3.05, 3.63) is 35.7 Å². The van der Waals surface area contributed by atoms with Crippen molar-refractivity contribution in [2.24, 2.45) is 0 Å². The quantitative estimate of drug-likeness (QED) is 0.921. The lowest BCUT2D eigenvalue weighted by molar-refractivity contribution is -0.120. The third-order valence-electron chi connectivity index (χ3n) is 4.37. The molecule has 1 aliphatic rings. The summed E-state index contributed by atoms with van der Waals surface area (Å²) >= 11 is 1.48. The van der Waals surface area contributed by atoms with E-state index < -0.39 is 0 Å². The molecular formula is C18H23N3OS. The van der Waals surface area contributed by atoms with Gasteiger partial charge in [0.05, 0.1) is 11.7 Å². The smallest absolute Gasteiger partial charge is 0.243 e. The Kier molecular flexibility index (Phi) is 5.41. The van der Waals surface area contributed by atoms with Crippen LogP contribution >= 0.6 is 11.3 Å². The summed E-state index contributed by atoms with van der Waals surface area (Å²) in [7, 11) is 0. The number of aromatic nitrogens is 1. The number of amides is 1. The maximum atomic E-state index is 12.5. The Morgan fingerprint density at radius 2 is 1.87 bits per heavy atom. The second kappa shape index (κ2) is 7.70. The summed E-state index contributed by atoms with van der Waals surface area (Å²) in [6.45, 7) is 4.02. The number of carbonyl (C=O) groups excluding carboxylic acids is 1. The monoisotopic (exact) mass is 329 g/mol. The molecule has 5 heteroatoms. The first-order valence-corrected chi connectivity index (χ1v) is 9.18. The van der Waals surface area contributed by atoms with E-state index in [-0.39, 0.29) is 11.9 Å². The van der Waals surface area contributed by atoms with E-state index >= 15 is 0 Å². The van der Waals surface area contributed by atoms with E-state index in [9.17, 15) is 4.79 Å². The summed E-state index contributed by atoms with van der Waals surface area (Å²) in [5, 5.41) is 5.64. The summed E-state index contributed by atoms with van der Waals surface area (Å²) in [4.78, 5) is 19.3. The van der Waals surface area contributed by atoms with Crippen molar-refractivity contribution in [2.75, 3.05) is 18.4 Å². The molecule has 1 N–H and O–H groups in total. The van der Waals surface area contributed by atoms with Gasteiger partial charge in [-0.25, -0.2) is 4.98 Å². The number of likely N-dealkylation sites (tertiary alicyclic amines) is 1. The third kappa shape index (κ3) is 4.18. The number of carbonyl (C=O) groups is 1. The van der Waals surface area contributed by atoms with Crippen LogP contribution < -0.4 is 5.32 Å². The van der Waals surface area contributed by atoms with Crippen molar-refractivity contribution in [1.82, 2.24) is 9.88 Å². The van der Waals surface area contributed by atoms with E-state index in [2.05, 4.69) is 15.2 Å². The van der Waals surface area contributed by atoms with Gasteiger partial charge in [-0.1, -0.05) is 43.2 Å². The molecule has 1 saturated heterocycles. The minimum atomic E-state index is -0.0998. The van der Waals surface area contributed by atoms with E-state index in [1.54, 1.807) is 0 Å². The average Bonchev–Trinajstić information content (AvgIpc) is 2.88. The number of thiazole rings is 1. The fraction of sp³-hybridized carbons (Fsp3) is 0.444. The van der Waals surface area contributed by atoms with Crippen LogP contribution in [0.25, 0.3) is 11.3 Å². The molecular weight excluding hydrogens is 306 g/mol. The molecule has 0 saturated carbocycles. The molecule has 1 aromatic carbocycles. The molecule has 2 aromatic rings. The van der Waals surface area contributed by atoms with E-state index in [0.717, 1.165) is 24.3 Å². The van der Waals surface area contributed by atoms with Crippen LogP contribution in [0.3, 0.4) is 0 Å². The highest BCUT2D eigenvalue weighted by Crippen LogP contribution is 2.25. The maximum Gasteiger partial charge on any atom is 0.243 e. The molecule has 122 valence electrons. The Morgan fingerprint density at radius 3 is 2.57 bits per heavy atom. The molecule has 23 heavy (non-hydrogen) atoms. The summed E-state index contributed by atoms with van der Waals surface area (Å²) < 4.78 is 0. The fourth-order valence-electron chi connectivity index (χ4n) is 2.93. The van der Waals surface area contributed by atoms with Crippen LogP contribution in [0.15, 0.2) is 35.7 Å². The number of nitrogens with one attached hydrogen (secondary N) is 1. The Hall–Kier alpha value is -1.72. The van der Waals surface area contributed by atoms with Gasteiger partial charge in [-0.05, 0) is 32.9 Å². The number of nitrogens with zero attached hydrogens (tertiary/aromatic N) is 2. The zero-order chi connectivity index (χ0) is 16.1. The van der Waals surface area contributed by atoms with Crippen molar-refractivity contribution < 1.29 is 4.79 Å². The van der Waals surface area contributed by atoms with Gasteiger partial charge in [0, 0.05) is 10.9 Å². The van der Waals surface area contributed by atoms with E-state index in [4.69, 9.17) is 0 Å². The highest BCUT2D eigenvalue weighted by atomic mass is 32.1. The van der Waals surface area contributed by atoms with Gasteiger partial charge in [0.1, 0.15) is 0 Å². The lowest BCUT2D eigenvalue weighted by Crippen LogP contribution is -2.42. The second-order valence-electron chi connectivity index (χ2n) is 6.02. The van der Waals surface area contributed by atoms with Gasteiger partial charge in [-0.3, -0.25) is 9.69 Å². The van der Waals surface area contributed by atoms with Crippen LogP contribution in [0, 0.1) is 0 Å². The zero-order valence-electron chi connectivity index (χ0n) is 13.5. The highest BCUT2D eigenvalue weighted by molar-refractivity contribution is 7.14. The molecule has 1 aromatic heterocycles. The van der Waals surface area contributed by atoms with Gasteiger partial charge in [0.15, 0.2) is 5.13 Å².